The van der Waals surface area contributed by atoms with E-state index in [2.05, 4.69) is 6.42 Å². The van der Waals surface area contributed by atoms with E-state index in [1.54, 1.807) is 0 Å². The van der Waals surface area contributed by atoms with Gasteiger partial charge in [0.05, 0.1) is 10.0 Å². The molecule has 0 atom stereocenters. The van der Waals surface area contributed by atoms with Crippen molar-refractivity contribution in [2.45, 2.75) is 39.0 Å². The molecule has 1 nitrogen and oxygen atoms in total. The minimum Gasteiger partial charge on any atom is -0.445 e. The maximum atomic E-state index is 15.9. The second kappa shape index (κ2) is 12.2. The summed E-state index contributed by atoms with van der Waals surface area (Å²) in [7, 11) is 0. The van der Waals surface area contributed by atoms with Crippen molar-refractivity contribution in [1.29, 1.82) is 0 Å². The lowest BCUT2D eigenvalue weighted by Gasteiger charge is -2.22. The van der Waals surface area contributed by atoms with Crippen molar-refractivity contribution >= 4 is 34.3 Å². The van der Waals surface area contributed by atoms with Gasteiger partial charge in [-0.3, -0.25) is 0 Å². The molecule has 226 valence electrons. The summed E-state index contributed by atoms with van der Waals surface area (Å²) in [6.45, 7) is 2.74. The number of benzene rings is 2. The molecule has 13 heteroatoms. The molecule has 6 radical (unpaired) electrons. The van der Waals surface area contributed by atoms with Gasteiger partial charge < -0.3 is 4.74 Å². The molecule has 0 heterocycles. The van der Waals surface area contributed by atoms with Crippen molar-refractivity contribution < 1.29 is 48.6 Å². The second-order valence-corrected chi connectivity index (χ2v) is 9.81. The third-order valence-electron chi connectivity index (χ3n) is 6.45. The Hall–Kier alpha value is -2.92. The molecular formula is C30H16Cl2F10O. The van der Waals surface area contributed by atoms with Crippen LogP contribution in [-0.4, -0.2) is 12.4 Å². The normalized spacial score (nSPS) is 16.0. The molecule has 2 aromatic carbocycles. The maximum absolute atomic E-state index is 15.9. The summed E-state index contributed by atoms with van der Waals surface area (Å²) in [5, 5.41) is -1.24. The summed E-state index contributed by atoms with van der Waals surface area (Å²) in [5.74, 6) is -9.24. The number of allylic oxidation sites excluding steroid dienone is 8. The van der Waals surface area contributed by atoms with E-state index in [4.69, 9.17) is 27.9 Å². The van der Waals surface area contributed by atoms with Gasteiger partial charge in [0.2, 0.25) is 0 Å². The molecule has 2 aliphatic rings. The Morgan fingerprint density at radius 1 is 0.721 bits per heavy atom. The zero-order valence-electron chi connectivity index (χ0n) is 21.8. The van der Waals surface area contributed by atoms with E-state index in [0.29, 0.717) is 18.6 Å². The summed E-state index contributed by atoms with van der Waals surface area (Å²) < 4.78 is 148. The van der Waals surface area contributed by atoms with Gasteiger partial charge in [-0.15, -0.1) is 0 Å². The first-order valence-corrected chi connectivity index (χ1v) is 13.0. The molecule has 0 unspecified atom stereocenters. The third-order valence-corrected chi connectivity index (χ3v) is 7.28. The van der Waals surface area contributed by atoms with Gasteiger partial charge in [0.25, 0.3) is 0 Å². The minimum atomic E-state index is -4.89. The van der Waals surface area contributed by atoms with Crippen LogP contribution in [0.25, 0.3) is 11.1 Å². The average molecular weight is 653 g/mol. The molecule has 0 spiro atoms. The van der Waals surface area contributed by atoms with Crippen LogP contribution in [0.4, 0.5) is 43.9 Å². The Balaban J connectivity index is 1.95. The smallest absolute Gasteiger partial charge is 0.413 e. The molecule has 0 bridgehead atoms. The molecule has 0 aromatic heterocycles. The van der Waals surface area contributed by atoms with Gasteiger partial charge in [0.15, 0.2) is 34.8 Å². The highest BCUT2D eigenvalue weighted by Gasteiger charge is 2.38. The molecular weight excluding hydrogens is 637 g/mol. The van der Waals surface area contributed by atoms with Crippen molar-refractivity contribution in [3.05, 3.63) is 117 Å². The summed E-state index contributed by atoms with van der Waals surface area (Å²) >= 11 is 12.4. The van der Waals surface area contributed by atoms with Crippen LogP contribution in [0.5, 0.6) is 11.5 Å². The Bertz CT molecular complexity index is 1480. The first-order chi connectivity index (χ1) is 20.0. The molecule has 43 heavy (non-hydrogen) atoms. The lowest BCUT2D eigenvalue weighted by Crippen LogP contribution is -2.15. The van der Waals surface area contributed by atoms with Gasteiger partial charge in [-0.1, -0.05) is 49.2 Å². The van der Waals surface area contributed by atoms with Crippen LogP contribution in [0, 0.1) is 49.0 Å². The van der Waals surface area contributed by atoms with Gasteiger partial charge >= 0.3 is 12.4 Å². The Morgan fingerprint density at radius 3 is 1.70 bits per heavy atom. The number of rotatable bonds is 6. The van der Waals surface area contributed by atoms with Gasteiger partial charge in [0, 0.05) is 52.7 Å². The highest BCUT2D eigenvalue weighted by molar-refractivity contribution is 6.34. The van der Waals surface area contributed by atoms with Crippen LogP contribution in [0.3, 0.4) is 0 Å². The molecule has 0 N–H and O–H groups in total. The lowest BCUT2D eigenvalue weighted by atomic mass is 9.91. The standard InChI is InChI=1S/C30H16Cl2F10O/c1-3-17-21(31)19(13-7-5-9-15(11-13)29(37,38)39)25(35)27(23(17)33)43-28-24(34)18(4-2)22(32)20(26(28)36)14-8-6-10-16(12-14)30(40,41)42/h5,7-8,10-12H,3-4H2,1-2H3. The fourth-order valence-corrected chi connectivity index (χ4v) is 5.17. The van der Waals surface area contributed by atoms with Crippen LogP contribution in [-0.2, 0) is 12.8 Å². The zero-order valence-corrected chi connectivity index (χ0v) is 23.3. The van der Waals surface area contributed by atoms with Crippen molar-refractivity contribution in [2.24, 2.45) is 0 Å². The lowest BCUT2D eigenvalue weighted by molar-refractivity contribution is -0.0904. The monoisotopic (exact) mass is 652 g/mol. The molecule has 2 aliphatic carbocycles. The first kappa shape index (κ1) is 33.0. The van der Waals surface area contributed by atoms with Crippen molar-refractivity contribution in [3.63, 3.8) is 0 Å². The number of ether oxygens (including phenoxy) is 1. The summed E-state index contributed by atoms with van der Waals surface area (Å²) in [6.07, 6.45) is -1.79. The van der Waals surface area contributed by atoms with Crippen LogP contribution in [0.2, 0.25) is 10.0 Å². The zero-order chi connectivity index (χ0) is 32.0. The largest absolute Gasteiger partial charge is 0.445 e. The van der Waals surface area contributed by atoms with Crippen LogP contribution < -0.4 is 4.74 Å². The van der Waals surface area contributed by atoms with Crippen LogP contribution >= 0.6 is 23.2 Å². The SMILES string of the molecule is CCc1c(F)c(Oc2c(F)c(CC)c(Cl)c(C3=C[CH][C]C(C(F)(F)F)=C3)c2F)c(F)c(C2=C[C][CH]C(C(F)(F)F)=C2)c1Cl. The number of halogens is 12. The van der Waals surface area contributed by atoms with E-state index in [9.17, 15) is 26.3 Å². The topological polar surface area (TPSA) is 9.23 Å². The highest BCUT2D eigenvalue weighted by atomic mass is 35.5. The van der Waals surface area contributed by atoms with Crippen molar-refractivity contribution in [2.75, 3.05) is 0 Å². The fraction of sp³-hybridized carbons (Fsp3) is 0.200. The Kier molecular flexibility index (Phi) is 9.38. The van der Waals surface area contributed by atoms with E-state index < -0.39 is 102 Å². The fourth-order valence-electron chi connectivity index (χ4n) is 4.36. The van der Waals surface area contributed by atoms with Crippen molar-refractivity contribution in [3.8, 4) is 11.5 Å². The van der Waals surface area contributed by atoms with Crippen molar-refractivity contribution in [1.82, 2.24) is 0 Å². The summed E-state index contributed by atoms with van der Waals surface area (Å²) in [5.41, 5.74) is -5.95. The van der Waals surface area contributed by atoms with Crippen LogP contribution in [0.15, 0.2) is 35.5 Å². The third kappa shape index (κ3) is 6.20. The molecule has 2 aromatic rings. The number of hydrogen-bond donors (Lipinski definition) is 0. The van der Waals surface area contributed by atoms with Gasteiger partial charge in [0.1, 0.15) is 0 Å². The first-order valence-electron chi connectivity index (χ1n) is 12.3. The molecule has 0 fully saturated rings. The van der Waals surface area contributed by atoms with Gasteiger partial charge in [-0.05, 0) is 42.6 Å². The Morgan fingerprint density at radius 2 is 1.23 bits per heavy atom. The van der Waals surface area contributed by atoms with E-state index in [1.165, 1.54) is 13.8 Å². The molecule has 0 saturated heterocycles. The molecule has 0 aliphatic heterocycles. The number of hydrogen-bond acceptors (Lipinski definition) is 1. The predicted octanol–water partition coefficient (Wildman–Crippen LogP) is 10.8. The average Bonchev–Trinajstić information content (AvgIpc) is 2.92. The quantitative estimate of drug-likeness (QED) is 0.282. The molecule has 0 amide bonds. The van der Waals surface area contributed by atoms with E-state index in [-0.39, 0.29) is 12.8 Å². The van der Waals surface area contributed by atoms with E-state index >= 15 is 17.6 Å². The highest BCUT2D eigenvalue weighted by Crippen LogP contribution is 2.47. The maximum Gasteiger partial charge on any atom is 0.413 e. The van der Waals surface area contributed by atoms with Gasteiger partial charge in [-0.25, -0.2) is 17.6 Å². The summed E-state index contributed by atoms with van der Waals surface area (Å²) in [6, 6.07) is 0. The number of alkyl halides is 6. The Labute approximate surface area is 250 Å². The second-order valence-electron chi connectivity index (χ2n) is 9.06. The minimum absolute atomic E-state index is 0.253. The predicted molar refractivity (Wildman–Crippen MR) is 141 cm³/mol. The van der Waals surface area contributed by atoms with Gasteiger partial charge in [-0.2, -0.15) is 26.3 Å². The molecule has 4 rings (SSSR count). The molecule has 0 saturated carbocycles. The van der Waals surface area contributed by atoms with Crippen LogP contribution in [0.1, 0.15) is 36.1 Å². The van der Waals surface area contributed by atoms with E-state index in [1.807, 2.05) is 6.42 Å². The van der Waals surface area contributed by atoms with E-state index in [0.717, 1.165) is 18.6 Å². The summed E-state index contributed by atoms with van der Waals surface area (Å²) in [4.78, 5) is 0.